The first-order valence-electron chi connectivity index (χ1n) is 4.37. The van der Waals surface area contributed by atoms with Crippen LogP contribution in [-0.2, 0) is 19.2 Å². The van der Waals surface area contributed by atoms with Gasteiger partial charge < -0.3 is 11.5 Å². The van der Waals surface area contributed by atoms with Crippen molar-refractivity contribution in [2.45, 2.75) is 20.3 Å². The molecule has 6 heteroatoms. The summed E-state index contributed by atoms with van der Waals surface area (Å²) < 4.78 is 0. The minimum atomic E-state index is -1.13. The van der Waals surface area contributed by atoms with Gasteiger partial charge in [-0.1, -0.05) is 0 Å². The molecule has 84 valence electrons. The average Bonchev–Trinajstić information content (AvgIpc) is 2.01. The first-order valence-corrected chi connectivity index (χ1v) is 4.37. The molecule has 0 aromatic rings. The van der Waals surface area contributed by atoms with E-state index in [2.05, 4.69) is 0 Å². The highest BCUT2D eigenvalue weighted by Gasteiger charge is 2.30. The van der Waals surface area contributed by atoms with E-state index >= 15 is 0 Å². The van der Waals surface area contributed by atoms with Crippen molar-refractivity contribution in [3.63, 3.8) is 0 Å². The van der Waals surface area contributed by atoms with Crippen molar-refractivity contribution in [2.75, 3.05) is 0 Å². The van der Waals surface area contributed by atoms with Gasteiger partial charge in [-0.2, -0.15) is 0 Å². The van der Waals surface area contributed by atoms with E-state index in [0.29, 0.717) is 0 Å². The molecule has 0 aromatic carbocycles. The van der Waals surface area contributed by atoms with Crippen LogP contribution < -0.4 is 11.5 Å². The number of hydrogen-bond donors (Lipinski definition) is 2. The maximum absolute atomic E-state index is 11.0. The molecular formula is C9H14N2O4. The summed E-state index contributed by atoms with van der Waals surface area (Å²) in [7, 11) is 0. The maximum Gasteiger partial charge on any atom is 0.228 e. The molecule has 0 aliphatic heterocycles. The molecule has 0 saturated heterocycles. The molecule has 15 heavy (non-hydrogen) atoms. The number of Topliss-reactive ketones (excluding diaryl/α,β-unsaturated/α-hetero) is 2. The fourth-order valence-corrected chi connectivity index (χ4v) is 1.20. The lowest BCUT2D eigenvalue weighted by molar-refractivity contribution is -0.134. The van der Waals surface area contributed by atoms with Crippen LogP contribution in [0.1, 0.15) is 20.3 Å². The summed E-state index contributed by atoms with van der Waals surface area (Å²) in [6, 6.07) is 0. The van der Waals surface area contributed by atoms with Gasteiger partial charge in [-0.05, 0) is 20.3 Å². The van der Waals surface area contributed by atoms with Crippen LogP contribution in [0.4, 0.5) is 0 Å². The maximum atomic E-state index is 11.0. The van der Waals surface area contributed by atoms with E-state index in [4.69, 9.17) is 11.5 Å². The third-order valence-corrected chi connectivity index (χ3v) is 2.14. The van der Waals surface area contributed by atoms with Gasteiger partial charge in [0.1, 0.15) is 11.6 Å². The van der Waals surface area contributed by atoms with Crippen LogP contribution in [-0.4, -0.2) is 23.4 Å². The predicted molar refractivity (Wildman–Crippen MR) is 51.3 cm³/mol. The Hall–Kier alpha value is -1.72. The topological polar surface area (TPSA) is 120 Å². The number of ketones is 2. The quantitative estimate of drug-likeness (QED) is 0.537. The second-order valence-corrected chi connectivity index (χ2v) is 3.37. The highest BCUT2D eigenvalue weighted by atomic mass is 16.2. The summed E-state index contributed by atoms with van der Waals surface area (Å²) in [5.41, 5.74) is 9.93. The Morgan fingerprint density at radius 2 is 1.13 bits per heavy atom. The lowest BCUT2D eigenvalue weighted by Crippen LogP contribution is -2.37. The summed E-state index contributed by atoms with van der Waals surface area (Å²) in [6.45, 7) is 2.35. The molecule has 0 fully saturated rings. The van der Waals surface area contributed by atoms with Crippen molar-refractivity contribution in [3.05, 3.63) is 0 Å². The Balaban J connectivity index is 4.77. The third-order valence-electron chi connectivity index (χ3n) is 2.14. The summed E-state index contributed by atoms with van der Waals surface area (Å²) in [4.78, 5) is 43.7. The molecule has 0 heterocycles. The summed E-state index contributed by atoms with van der Waals surface area (Å²) >= 11 is 0. The van der Waals surface area contributed by atoms with Gasteiger partial charge in [-0.3, -0.25) is 19.2 Å². The van der Waals surface area contributed by atoms with Crippen molar-refractivity contribution < 1.29 is 19.2 Å². The zero-order valence-electron chi connectivity index (χ0n) is 8.65. The van der Waals surface area contributed by atoms with E-state index in [-0.39, 0.29) is 6.42 Å². The molecule has 6 nitrogen and oxygen atoms in total. The van der Waals surface area contributed by atoms with Gasteiger partial charge >= 0.3 is 0 Å². The van der Waals surface area contributed by atoms with Crippen molar-refractivity contribution >= 4 is 23.4 Å². The second kappa shape index (κ2) is 5.23. The van der Waals surface area contributed by atoms with E-state index in [9.17, 15) is 19.2 Å². The molecule has 0 saturated carbocycles. The monoisotopic (exact) mass is 214 g/mol. The minimum absolute atomic E-state index is 0.241. The molecule has 0 aromatic heterocycles. The van der Waals surface area contributed by atoms with Gasteiger partial charge in [0.15, 0.2) is 0 Å². The lowest BCUT2D eigenvalue weighted by atomic mass is 9.88. The first-order chi connectivity index (χ1) is 6.77. The number of carbonyl (C=O) groups is 4. The average molecular weight is 214 g/mol. The van der Waals surface area contributed by atoms with Crippen LogP contribution in [0.25, 0.3) is 0 Å². The van der Waals surface area contributed by atoms with Crippen LogP contribution in [0.2, 0.25) is 0 Å². The number of hydrogen-bond acceptors (Lipinski definition) is 4. The van der Waals surface area contributed by atoms with Crippen LogP contribution in [0.15, 0.2) is 0 Å². The predicted octanol–water partition coefficient (Wildman–Crippen LogP) is -1.24. The molecule has 2 atom stereocenters. The standard InChI is InChI=1S/C9H14N2O4/c1-4(12)6(8(10)14)3-7(5(2)13)9(11)15/h6-7H,3H2,1-2H3,(H2,10,14)(H2,11,15). The number of rotatable bonds is 6. The number of nitrogens with two attached hydrogens (primary N) is 2. The highest BCUT2D eigenvalue weighted by molar-refractivity contribution is 6.03. The molecule has 0 aliphatic rings. The summed E-state index contributed by atoms with van der Waals surface area (Å²) in [6.07, 6.45) is -0.241. The van der Waals surface area contributed by atoms with Gasteiger partial charge in [0.2, 0.25) is 11.8 Å². The normalized spacial score (nSPS) is 14.0. The first kappa shape index (κ1) is 13.3. The number of amides is 2. The van der Waals surface area contributed by atoms with Crippen LogP contribution in [0, 0.1) is 11.8 Å². The van der Waals surface area contributed by atoms with Crippen LogP contribution >= 0.6 is 0 Å². The minimum Gasteiger partial charge on any atom is -0.369 e. The SMILES string of the molecule is CC(=O)C(CC(C(C)=O)C(N)=O)C(N)=O. The van der Waals surface area contributed by atoms with Crippen molar-refractivity contribution in [1.82, 2.24) is 0 Å². The Labute approximate surface area is 87.0 Å². The fourth-order valence-electron chi connectivity index (χ4n) is 1.20. The van der Waals surface area contributed by atoms with Gasteiger partial charge in [0.25, 0.3) is 0 Å². The molecule has 0 aliphatic carbocycles. The highest BCUT2D eigenvalue weighted by Crippen LogP contribution is 2.14. The number of carbonyl (C=O) groups excluding carboxylic acids is 4. The van der Waals surface area contributed by atoms with E-state index in [1.54, 1.807) is 0 Å². The molecule has 0 radical (unpaired) electrons. The Morgan fingerprint density at radius 3 is 1.27 bits per heavy atom. The molecule has 4 N–H and O–H groups in total. The van der Waals surface area contributed by atoms with E-state index < -0.39 is 35.2 Å². The van der Waals surface area contributed by atoms with Gasteiger partial charge in [-0.25, -0.2) is 0 Å². The van der Waals surface area contributed by atoms with E-state index in [1.807, 2.05) is 0 Å². The van der Waals surface area contributed by atoms with Gasteiger partial charge in [-0.15, -0.1) is 0 Å². The zero-order valence-corrected chi connectivity index (χ0v) is 8.65. The zero-order chi connectivity index (χ0) is 12.2. The molecule has 2 unspecified atom stereocenters. The van der Waals surface area contributed by atoms with Crippen LogP contribution in [0.3, 0.4) is 0 Å². The van der Waals surface area contributed by atoms with Crippen molar-refractivity contribution in [3.8, 4) is 0 Å². The molecule has 0 bridgehead atoms. The van der Waals surface area contributed by atoms with Crippen LogP contribution in [0.5, 0.6) is 0 Å². The van der Waals surface area contributed by atoms with Gasteiger partial charge in [0.05, 0.1) is 11.8 Å². The Bertz CT molecular complexity index is 253. The molecule has 2 amide bonds. The second-order valence-electron chi connectivity index (χ2n) is 3.37. The van der Waals surface area contributed by atoms with E-state index in [0.717, 1.165) is 0 Å². The van der Waals surface area contributed by atoms with Crippen molar-refractivity contribution in [2.24, 2.45) is 23.3 Å². The van der Waals surface area contributed by atoms with Gasteiger partial charge in [0, 0.05) is 0 Å². The van der Waals surface area contributed by atoms with Crippen molar-refractivity contribution in [1.29, 1.82) is 0 Å². The smallest absolute Gasteiger partial charge is 0.228 e. The Morgan fingerprint density at radius 1 is 0.867 bits per heavy atom. The van der Waals surface area contributed by atoms with E-state index in [1.165, 1.54) is 13.8 Å². The molecule has 0 rings (SSSR count). The summed E-state index contributed by atoms with van der Waals surface area (Å²) in [5, 5.41) is 0. The molecular weight excluding hydrogens is 200 g/mol. The summed E-state index contributed by atoms with van der Waals surface area (Å²) in [5.74, 6) is -4.92. The lowest BCUT2D eigenvalue weighted by Gasteiger charge is -2.14. The third kappa shape index (κ3) is 3.88. The largest absolute Gasteiger partial charge is 0.369 e. The number of primary amides is 2. The fraction of sp³-hybridized carbons (Fsp3) is 0.556. The Kier molecular flexibility index (Phi) is 4.63. The molecule has 0 spiro atoms.